The fourth-order valence-electron chi connectivity index (χ4n) is 3.74. The highest BCUT2D eigenvalue weighted by Gasteiger charge is 2.36. The second kappa shape index (κ2) is 5.97. The van der Waals surface area contributed by atoms with E-state index in [4.69, 9.17) is 5.10 Å². The molecule has 0 aromatic carbocycles. The van der Waals surface area contributed by atoms with Crippen molar-refractivity contribution in [3.05, 3.63) is 47.5 Å². The molecule has 0 spiro atoms. The summed E-state index contributed by atoms with van der Waals surface area (Å²) in [6, 6.07) is 8.01. The smallest absolute Gasteiger partial charge is 0.274 e. The minimum Gasteiger partial charge on any atom is -0.329 e. The number of carbonyl (C=O) groups is 1. The molecule has 3 heterocycles. The zero-order chi connectivity index (χ0) is 17.6. The van der Waals surface area contributed by atoms with Crippen LogP contribution >= 0.6 is 0 Å². The van der Waals surface area contributed by atoms with Gasteiger partial charge >= 0.3 is 0 Å². The molecule has 5 nitrogen and oxygen atoms in total. The van der Waals surface area contributed by atoms with Crippen LogP contribution in [0.4, 0.5) is 0 Å². The topological polar surface area (TPSA) is 51.0 Å². The fourth-order valence-corrected chi connectivity index (χ4v) is 3.74. The first-order valence-electron chi connectivity index (χ1n) is 9.27. The molecule has 25 heavy (non-hydrogen) atoms. The van der Waals surface area contributed by atoms with E-state index in [0.29, 0.717) is 11.6 Å². The minimum atomic E-state index is -0.109. The van der Waals surface area contributed by atoms with E-state index in [2.05, 4.69) is 30.4 Å². The van der Waals surface area contributed by atoms with Crippen molar-refractivity contribution in [2.75, 3.05) is 6.54 Å². The van der Waals surface area contributed by atoms with E-state index < -0.39 is 0 Å². The Morgan fingerprint density at radius 2 is 2.00 bits per heavy atom. The maximum absolute atomic E-state index is 13.2. The number of pyridine rings is 1. The van der Waals surface area contributed by atoms with Crippen molar-refractivity contribution >= 4 is 5.91 Å². The van der Waals surface area contributed by atoms with Gasteiger partial charge < -0.3 is 4.90 Å². The number of hydrogen-bond donors (Lipinski definition) is 0. The molecule has 0 bridgehead atoms. The monoisotopic (exact) mass is 338 g/mol. The molecule has 0 unspecified atom stereocenters. The molecular weight excluding hydrogens is 312 g/mol. The van der Waals surface area contributed by atoms with E-state index in [1.54, 1.807) is 6.20 Å². The number of carbonyl (C=O) groups excluding carboxylic acids is 1. The predicted molar refractivity (Wildman–Crippen MR) is 96.4 cm³/mol. The molecule has 1 atom stereocenters. The predicted octanol–water partition coefficient (Wildman–Crippen LogP) is 3.89. The first-order valence-corrected chi connectivity index (χ1v) is 9.27. The van der Waals surface area contributed by atoms with E-state index in [-0.39, 0.29) is 17.5 Å². The summed E-state index contributed by atoms with van der Waals surface area (Å²) in [6.07, 6.45) is 6.20. The molecule has 0 radical (unpaired) electrons. The Bertz CT molecular complexity index is 771. The number of nitrogens with zero attached hydrogens (tertiary/aromatic N) is 4. The van der Waals surface area contributed by atoms with Crippen LogP contribution < -0.4 is 0 Å². The third-order valence-electron chi connectivity index (χ3n) is 5.13. The van der Waals surface area contributed by atoms with Crippen LogP contribution in [0.2, 0.25) is 0 Å². The lowest BCUT2D eigenvalue weighted by atomic mass is 10.1. The molecule has 1 amide bonds. The second-order valence-corrected chi connectivity index (χ2v) is 8.22. The van der Waals surface area contributed by atoms with Crippen molar-refractivity contribution in [1.29, 1.82) is 0 Å². The van der Waals surface area contributed by atoms with Gasteiger partial charge in [-0.05, 0) is 64.7 Å². The summed E-state index contributed by atoms with van der Waals surface area (Å²) in [4.78, 5) is 19.6. The Morgan fingerprint density at radius 3 is 2.64 bits per heavy atom. The summed E-state index contributed by atoms with van der Waals surface area (Å²) >= 11 is 0. The SMILES string of the molecule is CC(C)(C)n1nc(C(=O)N2CCC[C@H]2c2ccccn2)cc1C1CC1. The van der Waals surface area contributed by atoms with Gasteiger partial charge in [0, 0.05) is 24.4 Å². The van der Waals surface area contributed by atoms with Crippen LogP contribution in [0.15, 0.2) is 30.5 Å². The molecule has 1 saturated heterocycles. The molecule has 132 valence electrons. The standard InChI is InChI=1S/C20H26N4O/c1-20(2,3)24-18(14-9-10-14)13-16(22-24)19(25)23-12-6-8-17(23)15-7-4-5-11-21-15/h4-5,7,11,13-14,17H,6,8-10,12H2,1-3H3/t17-/m0/s1. The van der Waals surface area contributed by atoms with E-state index in [1.807, 2.05) is 29.2 Å². The molecule has 5 heteroatoms. The van der Waals surface area contributed by atoms with E-state index >= 15 is 0 Å². The molecule has 2 aliphatic rings. The first kappa shape index (κ1) is 16.3. The van der Waals surface area contributed by atoms with Crippen LogP contribution in [0, 0.1) is 0 Å². The molecule has 2 aromatic heterocycles. The second-order valence-electron chi connectivity index (χ2n) is 8.22. The van der Waals surface area contributed by atoms with Crippen molar-refractivity contribution in [3.8, 4) is 0 Å². The highest BCUT2D eigenvalue weighted by Crippen LogP contribution is 2.42. The van der Waals surface area contributed by atoms with Gasteiger partial charge in [0.1, 0.15) is 0 Å². The van der Waals surface area contributed by atoms with Crippen LogP contribution in [-0.2, 0) is 5.54 Å². The quantitative estimate of drug-likeness (QED) is 0.853. The maximum Gasteiger partial charge on any atom is 0.274 e. The average molecular weight is 338 g/mol. The third kappa shape index (κ3) is 3.08. The lowest BCUT2D eigenvalue weighted by molar-refractivity contribution is 0.0725. The summed E-state index contributed by atoms with van der Waals surface area (Å²) in [5.41, 5.74) is 2.66. The average Bonchev–Trinajstić information content (AvgIpc) is 3.14. The van der Waals surface area contributed by atoms with Crippen LogP contribution in [0.5, 0.6) is 0 Å². The van der Waals surface area contributed by atoms with Gasteiger partial charge in [0.15, 0.2) is 5.69 Å². The highest BCUT2D eigenvalue weighted by atomic mass is 16.2. The first-order chi connectivity index (χ1) is 11.9. The molecule has 2 fully saturated rings. The summed E-state index contributed by atoms with van der Waals surface area (Å²) in [5.74, 6) is 0.608. The Kier molecular flexibility index (Phi) is 3.89. The summed E-state index contributed by atoms with van der Waals surface area (Å²) in [7, 11) is 0. The lowest BCUT2D eigenvalue weighted by Gasteiger charge is -2.24. The molecule has 2 aromatic rings. The van der Waals surface area contributed by atoms with E-state index in [0.717, 1.165) is 25.1 Å². The number of amides is 1. The zero-order valence-corrected chi connectivity index (χ0v) is 15.3. The number of rotatable bonds is 3. The number of likely N-dealkylation sites (tertiary alicyclic amines) is 1. The molecule has 1 aliphatic carbocycles. The van der Waals surface area contributed by atoms with E-state index in [9.17, 15) is 4.79 Å². The van der Waals surface area contributed by atoms with Gasteiger partial charge in [-0.15, -0.1) is 0 Å². The van der Waals surface area contributed by atoms with Gasteiger partial charge in [0.25, 0.3) is 5.91 Å². The van der Waals surface area contributed by atoms with Gasteiger partial charge in [-0.2, -0.15) is 5.10 Å². The van der Waals surface area contributed by atoms with Crippen molar-refractivity contribution < 1.29 is 4.79 Å². The highest BCUT2D eigenvalue weighted by molar-refractivity contribution is 5.93. The number of hydrogen-bond acceptors (Lipinski definition) is 3. The van der Waals surface area contributed by atoms with Gasteiger partial charge in [-0.1, -0.05) is 6.07 Å². The Morgan fingerprint density at radius 1 is 1.20 bits per heavy atom. The van der Waals surface area contributed by atoms with Crippen molar-refractivity contribution in [1.82, 2.24) is 19.7 Å². The largest absolute Gasteiger partial charge is 0.329 e. The lowest BCUT2D eigenvalue weighted by Crippen LogP contribution is -2.32. The van der Waals surface area contributed by atoms with E-state index in [1.165, 1.54) is 18.5 Å². The van der Waals surface area contributed by atoms with Gasteiger partial charge in [0.2, 0.25) is 0 Å². The van der Waals surface area contributed by atoms with Crippen LogP contribution in [0.3, 0.4) is 0 Å². The van der Waals surface area contributed by atoms with Crippen LogP contribution in [-0.4, -0.2) is 32.1 Å². The van der Waals surface area contributed by atoms with Crippen LogP contribution in [0.1, 0.15) is 80.3 Å². The third-order valence-corrected chi connectivity index (χ3v) is 5.13. The summed E-state index contributed by atoms with van der Waals surface area (Å²) in [6.45, 7) is 7.22. The Balaban J connectivity index is 1.64. The molecule has 4 rings (SSSR count). The van der Waals surface area contributed by atoms with Crippen molar-refractivity contribution in [3.63, 3.8) is 0 Å². The fraction of sp³-hybridized carbons (Fsp3) is 0.550. The number of aromatic nitrogens is 3. The summed E-state index contributed by atoms with van der Waals surface area (Å²) in [5, 5.41) is 4.72. The van der Waals surface area contributed by atoms with Gasteiger partial charge in [-0.25, -0.2) is 0 Å². The summed E-state index contributed by atoms with van der Waals surface area (Å²) < 4.78 is 2.06. The minimum absolute atomic E-state index is 0.0399. The molecule has 1 saturated carbocycles. The van der Waals surface area contributed by atoms with Gasteiger partial charge in [0.05, 0.1) is 17.3 Å². The molecule has 0 N–H and O–H groups in total. The van der Waals surface area contributed by atoms with Crippen molar-refractivity contribution in [2.24, 2.45) is 0 Å². The molecular formula is C20H26N4O. The normalized spacial score (nSPS) is 20.9. The van der Waals surface area contributed by atoms with Crippen LogP contribution in [0.25, 0.3) is 0 Å². The maximum atomic E-state index is 13.2. The van der Waals surface area contributed by atoms with Crippen molar-refractivity contribution in [2.45, 2.75) is 64.0 Å². The van der Waals surface area contributed by atoms with Gasteiger partial charge in [-0.3, -0.25) is 14.5 Å². The Hall–Kier alpha value is -2.17. The molecule has 1 aliphatic heterocycles. The zero-order valence-electron chi connectivity index (χ0n) is 15.3. The Labute approximate surface area is 149 Å².